The molecule has 3 aliphatic heterocycles. The monoisotopic (exact) mass is 643 g/mol. The number of hydrogen-bond donors (Lipinski definition) is 2. The Morgan fingerprint density at radius 1 is 1.27 bits per heavy atom. The van der Waals surface area contributed by atoms with Gasteiger partial charge in [0.1, 0.15) is 34.4 Å². The van der Waals surface area contributed by atoms with Gasteiger partial charge in [0.15, 0.2) is 5.82 Å². The molecule has 0 saturated carbocycles. The summed E-state index contributed by atoms with van der Waals surface area (Å²) < 4.78 is 49.0. The molecule has 0 spiro atoms. The molecule has 3 aliphatic rings. The Kier molecular flexibility index (Phi) is 8.26. The summed E-state index contributed by atoms with van der Waals surface area (Å²) in [6, 6.07) is 6.34. The zero-order chi connectivity index (χ0) is 31.3. The fraction of sp³-hybridized carbons (Fsp3) is 0.452. The molecule has 8 nitrogen and oxygen atoms in total. The SMILES string of the molecule is COc1nc(N2CCNCC2C)c2cc(Cl)c(-c3ccc(F)c4sc(N)c(C#N)c34)c(F)c2n1.C[C@@]12CCCN1CC(F)C2. The summed E-state index contributed by atoms with van der Waals surface area (Å²) >= 11 is 7.58. The van der Waals surface area contributed by atoms with Gasteiger partial charge in [0.25, 0.3) is 0 Å². The topological polar surface area (TPSA) is 103 Å². The van der Waals surface area contributed by atoms with Crippen molar-refractivity contribution in [2.24, 2.45) is 0 Å². The van der Waals surface area contributed by atoms with Gasteiger partial charge >= 0.3 is 6.01 Å². The van der Waals surface area contributed by atoms with Gasteiger partial charge in [0, 0.05) is 54.1 Å². The van der Waals surface area contributed by atoms with E-state index in [0.717, 1.165) is 37.4 Å². The van der Waals surface area contributed by atoms with E-state index in [1.54, 1.807) is 6.07 Å². The number of benzene rings is 2. The third-order valence-electron chi connectivity index (χ3n) is 8.98. The first-order valence-corrected chi connectivity index (χ1v) is 15.8. The van der Waals surface area contributed by atoms with Crippen molar-refractivity contribution >= 4 is 54.7 Å². The number of nitriles is 1. The van der Waals surface area contributed by atoms with E-state index in [0.29, 0.717) is 24.3 Å². The molecule has 13 heteroatoms. The average Bonchev–Trinajstić information content (AvgIpc) is 3.62. The van der Waals surface area contributed by atoms with E-state index in [1.165, 1.54) is 32.1 Å². The van der Waals surface area contributed by atoms with Crippen LogP contribution in [0, 0.1) is 23.0 Å². The van der Waals surface area contributed by atoms with Crippen molar-refractivity contribution in [1.29, 1.82) is 5.26 Å². The Morgan fingerprint density at radius 2 is 2.07 bits per heavy atom. The van der Waals surface area contributed by atoms with Crippen molar-refractivity contribution in [3.8, 4) is 23.2 Å². The number of rotatable bonds is 3. The summed E-state index contributed by atoms with van der Waals surface area (Å²) in [6.45, 7) is 8.20. The van der Waals surface area contributed by atoms with Crippen LogP contribution in [-0.4, -0.2) is 72.5 Å². The first-order valence-electron chi connectivity index (χ1n) is 14.6. The van der Waals surface area contributed by atoms with Crippen molar-refractivity contribution in [3.63, 3.8) is 0 Å². The summed E-state index contributed by atoms with van der Waals surface area (Å²) in [7, 11) is 1.41. The van der Waals surface area contributed by atoms with E-state index in [4.69, 9.17) is 22.1 Å². The van der Waals surface area contributed by atoms with E-state index in [1.807, 2.05) is 13.0 Å². The van der Waals surface area contributed by atoms with Crippen molar-refractivity contribution in [3.05, 3.63) is 40.4 Å². The van der Waals surface area contributed by atoms with Crippen molar-refractivity contribution in [2.45, 2.75) is 50.9 Å². The second-order valence-corrected chi connectivity index (χ2v) is 13.3. The number of nitrogens with zero attached hydrogens (tertiary/aromatic N) is 5. The van der Waals surface area contributed by atoms with Gasteiger partial charge in [0.05, 0.1) is 22.4 Å². The number of alkyl halides is 1. The van der Waals surface area contributed by atoms with E-state index in [-0.39, 0.29) is 59.9 Å². The second-order valence-electron chi connectivity index (χ2n) is 11.8. The predicted octanol–water partition coefficient (Wildman–Crippen LogP) is 6.29. The lowest BCUT2D eigenvalue weighted by Crippen LogP contribution is -2.50. The molecule has 3 saturated heterocycles. The summed E-state index contributed by atoms with van der Waals surface area (Å²) in [5.74, 6) is -0.744. The van der Waals surface area contributed by atoms with Gasteiger partial charge in [-0.15, -0.1) is 11.3 Å². The number of nitrogen functional groups attached to an aromatic ring is 1. The molecule has 3 N–H and O–H groups in total. The van der Waals surface area contributed by atoms with Crippen LogP contribution in [0.1, 0.15) is 38.7 Å². The predicted molar refractivity (Wildman–Crippen MR) is 169 cm³/mol. The van der Waals surface area contributed by atoms with Crippen LogP contribution < -0.4 is 20.7 Å². The quantitative estimate of drug-likeness (QED) is 0.269. The first-order chi connectivity index (χ1) is 21.1. The maximum atomic E-state index is 16.2. The van der Waals surface area contributed by atoms with E-state index in [2.05, 4.69) is 32.0 Å². The Balaban J connectivity index is 0.000000289. The smallest absolute Gasteiger partial charge is 0.318 e. The standard InChI is InChI=1S/C23H19ClF2N6OS.C8H14FN/c1-10-9-29-5-6-32(10)22-12-7-14(24)17(18(26)19(12)30-23(31-22)33-2)11-3-4-15(25)20-16(11)13(8-27)21(28)34-20;1-8-3-2-4-10(8)6-7(9)5-8/h3-4,7,10,29H,5-6,9,28H2,1-2H3;7H,2-6H2,1H3/t;7?,8-/m.0/s1. The molecule has 0 aliphatic carbocycles. The molecule has 4 aromatic rings. The fourth-order valence-corrected chi connectivity index (χ4v) is 8.03. The molecule has 2 unspecified atom stereocenters. The van der Waals surface area contributed by atoms with Crippen LogP contribution in [0.25, 0.3) is 32.1 Å². The minimum atomic E-state index is -0.714. The van der Waals surface area contributed by atoms with E-state index in [9.17, 15) is 14.0 Å². The van der Waals surface area contributed by atoms with Crippen LogP contribution in [0.3, 0.4) is 0 Å². The highest BCUT2D eigenvalue weighted by atomic mass is 35.5. The third kappa shape index (κ3) is 5.19. The summed E-state index contributed by atoms with van der Waals surface area (Å²) in [5, 5.41) is 13.8. The van der Waals surface area contributed by atoms with Crippen LogP contribution in [0.4, 0.5) is 24.0 Å². The van der Waals surface area contributed by atoms with Gasteiger partial charge in [-0.2, -0.15) is 15.2 Å². The maximum Gasteiger partial charge on any atom is 0.318 e. The Hall–Kier alpha value is -3.37. The zero-order valence-corrected chi connectivity index (χ0v) is 26.3. The van der Waals surface area contributed by atoms with E-state index < -0.39 is 17.8 Å². The number of aromatic nitrogens is 2. The normalized spacial score (nSPS) is 23.5. The number of halogens is 4. The lowest BCUT2D eigenvalue weighted by atomic mass is 9.97. The van der Waals surface area contributed by atoms with Gasteiger partial charge in [-0.05, 0) is 57.4 Å². The van der Waals surface area contributed by atoms with Gasteiger partial charge in [-0.1, -0.05) is 17.7 Å². The Morgan fingerprint density at radius 3 is 2.77 bits per heavy atom. The largest absolute Gasteiger partial charge is 0.467 e. The molecular weight excluding hydrogens is 611 g/mol. The van der Waals surface area contributed by atoms with Crippen molar-refractivity contribution in [1.82, 2.24) is 20.2 Å². The summed E-state index contributed by atoms with van der Waals surface area (Å²) in [5.41, 5.74) is 6.57. The molecular formula is C31H33ClF3N7OS. The van der Waals surface area contributed by atoms with Crippen molar-refractivity contribution in [2.75, 3.05) is 50.5 Å². The number of piperazine rings is 1. The molecule has 0 bridgehead atoms. The molecule has 5 heterocycles. The number of anilines is 2. The van der Waals surface area contributed by atoms with Gasteiger partial charge in [-0.3, -0.25) is 4.90 Å². The molecule has 7 rings (SSSR count). The lowest BCUT2D eigenvalue weighted by molar-refractivity contribution is 0.217. The van der Waals surface area contributed by atoms with Crippen LogP contribution >= 0.6 is 22.9 Å². The van der Waals surface area contributed by atoms with Gasteiger partial charge < -0.3 is 20.7 Å². The number of fused-ring (bicyclic) bond motifs is 3. The number of thiophene rings is 1. The number of nitrogens with two attached hydrogens (primary N) is 1. The Labute approximate surface area is 262 Å². The number of ether oxygens (including phenoxy) is 1. The maximum absolute atomic E-state index is 16.2. The highest BCUT2D eigenvalue weighted by molar-refractivity contribution is 7.23. The van der Waals surface area contributed by atoms with Crippen molar-refractivity contribution < 1.29 is 17.9 Å². The molecule has 0 radical (unpaired) electrons. The number of nitrogens with one attached hydrogen (secondary N) is 1. The number of methoxy groups -OCH3 is 1. The minimum absolute atomic E-state index is 0.00790. The molecule has 3 atom stereocenters. The highest BCUT2D eigenvalue weighted by Gasteiger charge is 2.44. The summed E-state index contributed by atoms with van der Waals surface area (Å²) in [6.07, 6.45) is 2.69. The third-order valence-corrected chi connectivity index (χ3v) is 10.3. The molecule has 2 aromatic heterocycles. The van der Waals surface area contributed by atoms with Crippen LogP contribution in [0.5, 0.6) is 6.01 Å². The van der Waals surface area contributed by atoms with Crippen LogP contribution in [0.15, 0.2) is 18.2 Å². The number of hydrogen-bond acceptors (Lipinski definition) is 9. The fourth-order valence-electron chi connectivity index (χ4n) is 6.78. The zero-order valence-electron chi connectivity index (χ0n) is 24.7. The van der Waals surface area contributed by atoms with Gasteiger partial charge in [0.2, 0.25) is 0 Å². The molecule has 3 fully saturated rings. The van der Waals surface area contributed by atoms with Crippen LogP contribution in [0.2, 0.25) is 5.02 Å². The average molecular weight is 644 g/mol. The molecule has 2 aromatic carbocycles. The lowest BCUT2D eigenvalue weighted by Gasteiger charge is -2.35. The Bertz CT molecular complexity index is 1800. The van der Waals surface area contributed by atoms with Gasteiger partial charge in [-0.25, -0.2) is 13.2 Å². The molecule has 0 amide bonds. The molecule has 232 valence electrons. The van der Waals surface area contributed by atoms with E-state index >= 15 is 4.39 Å². The second kappa shape index (κ2) is 11.9. The summed E-state index contributed by atoms with van der Waals surface area (Å²) in [4.78, 5) is 13.1. The first kappa shape index (κ1) is 30.6. The highest BCUT2D eigenvalue weighted by Crippen LogP contribution is 2.46. The molecule has 44 heavy (non-hydrogen) atoms. The van der Waals surface area contributed by atoms with Crippen LogP contribution in [-0.2, 0) is 0 Å². The minimum Gasteiger partial charge on any atom is -0.467 e.